The first-order valence-electron chi connectivity index (χ1n) is 6.24. The number of hydrogen-bond donors (Lipinski definition) is 2. The van der Waals surface area contributed by atoms with Crippen LogP contribution in [0.2, 0.25) is 0 Å². The Balaban J connectivity index is 2.05. The molecule has 3 N–H and O–H groups in total. The van der Waals surface area contributed by atoms with Crippen LogP contribution < -0.4 is 10.5 Å². The number of H-pyrrole nitrogens is 1. The summed E-state index contributed by atoms with van der Waals surface area (Å²) in [6.45, 7) is 0. The monoisotopic (exact) mass is 266 g/mol. The van der Waals surface area contributed by atoms with Crippen LogP contribution in [0.25, 0.3) is 22.2 Å². The molecule has 0 bridgehead atoms. The van der Waals surface area contributed by atoms with Crippen molar-refractivity contribution in [1.82, 2.24) is 4.98 Å². The standard InChI is InChI=1S/C16H14N2O2/c1-20-13-6-4-10(5-7-13)14-8-11-2-3-12(16(17)19)9-15(11)18-14/h2-9,18H,1H3,(H2,17,19). The maximum absolute atomic E-state index is 11.2. The molecule has 0 spiro atoms. The second kappa shape index (κ2) is 4.74. The zero-order valence-electron chi connectivity index (χ0n) is 11.0. The van der Waals surface area contributed by atoms with Crippen molar-refractivity contribution in [3.63, 3.8) is 0 Å². The molecule has 1 aromatic heterocycles. The average Bonchev–Trinajstić information content (AvgIpc) is 2.90. The summed E-state index contributed by atoms with van der Waals surface area (Å²) in [5, 5.41) is 1.04. The largest absolute Gasteiger partial charge is 0.497 e. The smallest absolute Gasteiger partial charge is 0.248 e. The van der Waals surface area contributed by atoms with Gasteiger partial charge in [0.25, 0.3) is 0 Å². The molecule has 0 aliphatic carbocycles. The van der Waals surface area contributed by atoms with Gasteiger partial charge in [0.15, 0.2) is 0 Å². The van der Waals surface area contributed by atoms with E-state index in [1.807, 2.05) is 36.4 Å². The Morgan fingerprint density at radius 1 is 1.10 bits per heavy atom. The van der Waals surface area contributed by atoms with E-state index >= 15 is 0 Å². The van der Waals surface area contributed by atoms with Gasteiger partial charge in [-0.15, -0.1) is 0 Å². The second-order valence-corrected chi connectivity index (χ2v) is 4.58. The summed E-state index contributed by atoms with van der Waals surface area (Å²) < 4.78 is 5.14. The lowest BCUT2D eigenvalue weighted by Crippen LogP contribution is -2.10. The number of rotatable bonds is 3. The number of nitrogens with one attached hydrogen (secondary N) is 1. The van der Waals surface area contributed by atoms with Gasteiger partial charge in [0.2, 0.25) is 5.91 Å². The molecule has 1 heterocycles. The van der Waals surface area contributed by atoms with Gasteiger partial charge >= 0.3 is 0 Å². The highest BCUT2D eigenvalue weighted by molar-refractivity contribution is 5.97. The van der Waals surface area contributed by atoms with Crippen molar-refractivity contribution in [3.8, 4) is 17.0 Å². The van der Waals surface area contributed by atoms with Crippen LogP contribution in [-0.2, 0) is 0 Å². The Morgan fingerprint density at radius 3 is 2.50 bits per heavy atom. The first-order chi connectivity index (χ1) is 9.67. The molecule has 3 rings (SSSR count). The third kappa shape index (κ3) is 2.12. The Labute approximate surface area is 116 Å². The number of hydrogen-bond acceptors (Lipinski definition) is 2. The fraction of sp³-hybridized carbons (Fsp3) is 0.0625. The maximum atomic E-state index is 11.2. The quantitative estimate of drug-likeness (QED) is 0.765. The summed E-state index contributed by atoms with van der Waals surface area (Å²) in [5.74, 6) is 0.397. The van der Waals surface area contributed by atoms with Crippen molar-refractivity contribution < 1.29 is 9.53 Å². The van der Waals surface area contributed by atoms with E-state index in [0.717, 1.165) is 27.9 Å². The van der Waals surface area contributed by atoms with Crippen LogP contribution in [0.1, 0.15) is 10.4 Å². The van der Waals surface area contributed by atoms with E-state index < -0.39 is 5.91 Å². The van der Waals surface area contributed by atoms with Gasteiger partial charge in [0.1, 0.15) is 5.75 Å². The number of amides is 1. The minimum absolute atomic E-state index is 0.424. The van der Waals surface area contributed by atoms with Gasteiger partial charge in [-0.25, -0.2) is 0 Å². The second-order valence-electron chi connectivity index (χ2n) is 4.58. The third-order valence-corrected chi connectivity index (χ3v) is 3.31. The Morgan fingerprint density at radius 2 is 1.85 bits per heavy atom. The molecule has 4 nitrogen and oxygen atoms in total. The molecule has 2 aromatic carbocycles. The van der Waals surface area contributed by atoms with Gasteiger partial charge in [0.05, 0.1) is 7.11 Å². The molecule has 0 aliphatic heterocycles. The predicted molar refractivity (Wildman–Crippen MR) is 78.8 cm³/mol. The van der Waals surface area contributed by atoms with Gasteiger partial charge < -0.3 is 15.5 Å². The van der Waals surface area contributed by atoms with Crippen molar-refractivity contribution in [2.45, 2.75) is 0 Å². The van der Waals surface area contributed by atoms with Crippen LogP contribution in [0.5, 0.6) is 5.75 Å². The molecule has 0 saturated heterocycles. The molecule has 4 heteroatoms. The highest BCUT2D eigenvalue weighted by Crippen LogP contribution is 2.26. The molecule has 0 saturated carbocycles. The van der Waals surface area contributed by atoms with Crippen LogP contribution in [-0.4, -0.2) is 18.0 Å². The number of methoxy groups -OCH3 is 1. The molecule has 100 valence electrons. The van der Waals surface area contributed by atoms with E-state index in [1.54, 1.807) is 19.2 Å². The van der Waals surface area contributed by atoms with Crippen LogP contribution in [0.3, 0.4) is 0 Å². The molecule has 0 atom stereocenters. The van der Waals surface area contributed by atoms with E-state index in [9.17, 15) is 4.79 Å². The number of primary amides is 1. The molecule has 0 unspecified atom stereocenters. The molecule has 1 amide bonds. The van der Waals surface area contributed by atoms with Gasteiger partial charge in [-0.1, -0.05) is 6.07 Å². The van der Waals surface area contributed by atoms with Crippen LogP contribution in [0.15, 0.2) is 48.5 Å². The predicted octanol–water partition coefficient (Wildman–Crippen LogP) is 2.94. The van der Waals surface area contributed by atoms with Crippen molar-refractivity contribution in [3.05, 3.63) is 54.1 Å². The van der Waals surface area contributed by atoms with Crippen molar-refractivity contribution >= 4 is 16.8 Å². The Bertz CT molecular complexity index is 773. The van der Waals surface area contributed by atoms with Gasteiger partial charge in [-0.2, -0.15) is 0 Å². The average molecular weight is 266 g/mol. The van der Waals surface area contributed by atoms with Crippen LogP contribution >= 0.6 is 0 Å². The van der Waals surface area contributed by atoms with Crippen LogP contribution in [0.4, 0.5) is 0 Å². The number of carbonyl (C=O) groups excluding carboxylic acids is 1. The van der Waals surface area contributed by atoms with Crippen LogP contribution in [0, 0.1) is 0 Å². The summed E-state index contributed by atoms with van der Waals surface area (Å²) in [7, 11) is 1.64. The fourth-order valence-electron chi connectivity index (χ4n) is 2.21. The van der Waals surface area contributed by atoms with Gasteiger partial charge in [-0.3, -0.25) is 4.79 Å². The number of fused-ring (bicyclic) bond motifs is 1. The Kier molecular flexibility index (Phi) is 2.91. The molecule has 0 radical (unpaired) electrons. The van der Waals surface area contributed by atoms with Crippen molar-refractivity contribution in [2.75, 3.05) is 7.11 Å². The molecule has 0 aliphatic rings. The first kappa shape index (κ1) is 12.3. The highest BCUT2D eigenvalue weighted by Gasteiger charge is 2.06. The summed E-state index contributed by atoms with van der Waals surface area (Å²) in [4.78, 5) is 14.5. The normalized spacial score (nSPS) is 10.7. The number of aromatic amines is 1. The highest BCUT2D eigenvalue weighted by atomic mass is 16.5. The summed E-state index contributed by atoms with van der Waals surface area (Å²) in [5.41, 5.74) is 8.73. The maximum Gasteiger partial charge on any atom is 0.248 e. The lowest BCUT2D eigenvalue weighted by molar-refractivity contribution is 0.100. The molecule has 3 aromatic rings. The molecule has 0 fully saturated rings. The van der Waals surface area contributed by atoms with Crippen molar-refractivity contribution in [1.29, 1.82) is 0 Å². The third-order valence-electron chi connectivity index (χ3n) is 3.31. The first-order valence-corrected chi connectivity index (χ1v) is 6.24. The van der Waals surface area contributed by atoms with E-state index in [1.165, 1.54) is 0 Å². The number of ether oxygens (including phenoxy) is 1. The number of aromatic nitrogens is 1. The van der Waals surface area contributed by atoms with E-state index in [0.29, 0.717) is 5.56 Å². The summed E-state index contributed by atoms with van der Waals surface area (Å²) >= 11 is 0. The zero-order valence-corrected chi connectivity index (χ0v) is 11.0. The topological polar surface area (TPSA) is 68.1 Å². The molecular formula is C16H14N2O2. The Hall–Kier alpha value is -2.75. The number of carbonyl (C=O) groups is 1. The minimum Gasteiger partial charge on any atom is -0.497 e. The SMILES string of the molecule is COc1ccc(-c2cc3ccc(C(N)=O)cc3[nH]2)cc1. The van der Waals surface area contributed by atoms with Crippen molar-refractivity contribution in [2.24, 2.45) is 5.73 Å². The lowest BCUT2D eigenvalue weighted by Gasteiger charge is -2.01. The molecule has 20 heavy (non-hydrogen) atoms. The summed E-state index contributed by atoms with van der Waals surface area (Å²) in [6.07, 6.45) is 0. The van der Waals surface area contributed by atoms with E-state index in [2.05, 4.69) is 4.98 Å². The van der Waals surface area contributed by atoms with E-state index in [-0.39, 0.29) is 0 Å². The summed E-state index contributed by atoms with van der Waals surface area (Å²) in [6, 6.07) is 15.2. The number of benzene rings is 2. The van der Waals surface area contributed by atoms with E-state index in [4.69, 9.17) is 10.5 Å². The molecular weight excluding hydrogens is 252 g/mol. The minimum atomic E-state index is -0.424. The lowest BCUT2D eigenvalue weighted by atomic mass is 10.1. The number of nitrogens with two attached hydrogens (primary N) is 1. The van der Waals surface area contributed by atoms with Gasteiger partial charge in [-0.05, 0) is 48.0 Å². The van der Waals surface area contributed by atoms with Gasteiger partial charge in [0, 0.05) is 22.2 Å². The fourth-order valence-corrected chi connectivity index (χ4v) is 2.21. The zero-order chi connectivity index (χ0) is 14.1.